The van der Waals surface area contributed by atoms with Crippen molar-refractivity contribution in [3.8, 4) is 0 Å². The van der Waals surface area contributed by atoms with Crippen molar-refractivity contribution < 1.29 is 13.2 Å². The van der Waals surface area contributed by atoms with Crippen LogP contribution in [0.1, 0.15) is 25.3 Å². The highest BCUT2D eigenvalue weighted by Crippen LogP contribution is 2.28. The third-order valence-electron chi connectivity index (χ3n) is 3.57. The Labute approximate surface area is 139 Å². The van der Waals surface area contributed by atoms with Gasteiger partial charge in [-0.25, -0.2) is 8.42 Å². The van der Waals surface area contributed by atoms with Crippen LogP contribution in [-0.2, 0) is 20.6 Å². The maximum absolute atomic E-state index is 12.7. The van der Waals surface area contributed by atoms with Gasteiger partial charge in [-0.1, -0.05) is 6.07 Å². The average Bonchev–Trinajstić information content (AvgIpc) is 2.47. The number of hydrogen-bond acceptors (Lipinski definition) is 3. The van der Waals surface area contributed by atoms with Crippen molar-refractivity contribution in [2.75, 3.05) is 19.7 Å². The molecular formula is C14H19BrClNO3S. The largest absolute Gasteiger partial charge is 0.378 e. The lowest BCUT2D eigenvalue weighted by Gasteiger charge is -2.31. The molecule has 0 aromatic heterocycles. The highest BCUT2D eigenvalue weighted by atomic mass is 79.9. The summed E-state index contributed by atoms with van der Waals surface area (Å²) in [6.45, 7) is 3.62. The molecule has 1 aliphatic rings. The molecule has 0 aliphatic carbocycles. The summed E-state index contributed by atoms with van der Waals surface area (Å²) in [4.78, 5) is 0.297. The lowest BCUT2D eigenvalue weighted by Crippen LogP contribution is -2.40. The Morgan fingerprint density at radius 2 is 2.05 bits per heavy atom. The van der Waals surface area contributed by atoms with Gasteiger partial charge in [0, 0.05) is 30.0 Å². The van der Waals surface area contributed by atoms with Crippen LogP contribution in [0.5, 0.6) is 0 Å². The van der Waals surface area contributed by atoms with E-state index in [0.717, 1.165) is 18.4 Å². The van der Waals surface area contributed by atoms with Crippen molar-refractivity contribution in [3.05, 3.63) is 28.2 Å². The highest BCUT2D eigenvalue weighted by molar-refractivity contribution is 9.10. The first-order valence-electron chi connectivity index (χ1n) is 6.95. The maximum Gasteiger partial charge on any atom is 0.244 e. The average molecular weight is 397 g/mol. The molecule has 0 spiro atoms. The molecule has 1 aromatic carbocycles. The van der Waals surface area contributed by atoms with Crippen LogP contribution >= 0.6 is 27.5 Å². The van der Waals surface area contributed by atoms with Gasteiger partial charge >= 0.3 is 0 Å². The zero-order chi connectivity index (χ0) is 15.5. The summed E-state index contributed by atoms with van der Waals surface area (Å²) in [6, 6.07) is 5.12. The van der Waals surface area contributed by atoms with Gasteiger partial charge in [0.05, 0.1) is 11.0 Å². The number of piperidine rings is 1. The number of nitrogens with zero attached hydrogens (tertiary/aromatic N) is 1. The molecule has 0 amide bonds. The SMILES string of the molecule is CCOC1CCN(S(=O)(=O)c2ccc(CCl)cc2Br)CC1. The van der Waals surface area contributed by atoms with Gasteiger partial charge in [0.1, 0.15) is 0 Å². The second-order valence-corrected chi connectivity index (χ2v) is 7.99. The molecular weight excluding hydrogens is 378 g/mol. The Balaban J connectivity index is 2.16. The van der Waals surface area contributed by atoms with Crippen molar-refractivity contribution in [3.63, 3.8) is 0 Å². The summed E-state index contributed by atoms with van der Waals surface area (Å²) in [5, 5.41) is 0. The molecule has 0 N–H and O–H groups in total. The Morgan fingerprint density at radius 3 is 2.57 bits per heavy atom. The molecule has 0 unspecified atom stereocenters. The molecule has 0 bridgehead atoms. The van der Waals surface area contributed by atoms with Crippen LogP contribution < -0.4 is 0 Å². The molecule has 21 heavy (non-hydrogen) atoms. The number of ether oxygens (including phenoxy) is 1. The zero-order valence-electron chi connectivity index (χ0n) is 11.9. The normalized spacial score (nSPS) is 18.0. The second-order valence-electron chi connectivity index (χ2n) is 4.96. The van der Waals surface area contributed by atoms with Gasteiger partial charge in [-0.05, 0) is 53.4 Å². The van der Waals surface area contributed by atoms with E-state index in [2.05, 4.69) is 15.9 Å². The van der Waals surface area contributed by atoms with E-state index in [0.29, 0.717) is 34.9 Å². The molecule has 4 nitrogen and oxygen atoms in total. The Morgan fingerprint density at radius 1 is 1.38 bits per heavy atom. The number of sulfonamides is 1. The molecule has 1 aliphatic heterocycles. The van der Waals surface area contributed by atoms with E-state index < -0.39 is 10.0 Å². The van der Waals surface area contributed by atoms with E-state index in [9.17, 15) is 8.42 Å². The van der Waals surface area contributed by atoms with E-state index in [1.807, 2.05) is 6.92 Å². The minimum absolute atomic E-state index is 0.170. The second kappa shape index (κ2) is 7.42. The van der Waals surface area contributed by atoms with Gasteiger partial charge in [0.15, 0.2) is 0 Å². The van der Waals surface area contributed by atoms with E-state index in [-0.39, 0.29) is 6.10 Å². The van der Waals surface area contributed by atoms with Crippen LogP contribution in [0.4, 0.5) is 0 Å². The van der Waals surface area contributed by atoms with Gasteiger partial charge in [-0.15, -0.1) is 11.6 Å². The molecule has 1 heterocycles. The summed E-state index contributed by atoms with van der Waals surface area (Å²) in [5.74, 6) is 0.360. The van der Waals surface area contributed by atoms with Crippen molar-refractivity contribution in [2.24, 2.45) is 0 Å². The molecule has 7 heteroatoms. The molecule has 1 fully saturated rings. The van der Waals surface area contributed by atoms with Gasteiger partial charge in [0.25, 0.3) is 0 Å². The van der Waals surface area contributed by atoms with Gasteiger partial charge in [-0.3, -0.25) is 0 Å². The fourth-order valence-corrected chi connectivity index (χ4v) is 5.17. The number of benzene rings is 1. The summed E-state index contributed by atoms with van der Waals surface area (Å²) < 4.78 is 33.0. The predicted molar refractivity (Wildman–Crippen MR) is 87.1 cm³/mol. The van der Waals surface area contributed by atoms with Crippen LogP contribution in [-0.4, -0.2) is 38.5 Å². The van der Waals surface area contributed by atoms with E-state index in [1.165, 1.54) is 4.31 Å². The Kier molecular flexibility index (Phi) is 6.08. The van der Waals surface area contributed by atoms with E-state index in [4.69, 9.17) is 16.3 Å². The summed E-state index contributed by atoms with van der Waals surface area (Å²) >= 11 is 9.10. The summed E-state index contributed by atoms with van der Waals surface area (Å²) in [5.41, 5.74) is 0.887. The molecule has 118 valence electrons. The first kappa shape index (κ1) is 17.2. The fourth-order valence-electron chi connectivity index (χ4n) is 2.45. The predicted octanol–water partition coefficient (Wildman–Crippen LogP) is 3.38. The van der Waals surface area contributed by atoms with Crippen LogP contribution in [0, 0.1) is 0 Å². The molecule has 0 saturated carbocycles. The number of halogens is 2. The first-order valence-corrected chi connectivity index (χ1v) is 9.72. The minimum Gasteiger partial charge on any atom is -0.378 e. The number of rotatable bonds is 5. The Bertz CT molecular complexity index is 586. The monoisotopic (exact) mass is 395 g/mol. The molecule has 0 atom stereocenters. The van der Waals surface area contributed by atoms with E-state index >= 15 is 0 Å². The smallest absolute Gasteiger partial charge is 0.244 e. The van der Waals surface area contributed by atoms with Crippen LogP contribution in [0.15, 0.2) is 27.6 Å². The van der Waals surface area contributed by atoms with Crippen molar-refractivity contribution in [2.45, 2.75) is 36.6 Å². The van der Waals surface area contributed by atoms with Gasteiger partial charge in [0.2, 0.25) is 10.0 Å². The van der Waals surface area contributed by atoms with Crippen molar-refractivity contribution in [1.29, 1.82) is 0 Å². The van der Waals surface area contributed by atoms with Gasteiger partial charge in [-0.2, -0.15) is 4.31 Å². The quantitative estimate of drug-likeness (QED) is 0.717. The third kappa shape index (κ3) is 3.99. The standard InChI is InChI=1S/C14H19BrClNO3S/c1-2-20-12-5-7-17(8-6-12)21(18,19)14-4-3-11(10-16)9-13(14)15/h3-4,9,12H,2,5-8,10H2,1H3. The first-order chi connectivity index (χ1) is 9.98. The van der Waals surface area contributed by atoms with Crippen LogP contribution in [0.25, 0.3) is 0 Å². The lowest BCUT2D eigenvalue weighted by molar-refractivity contribution is 0.0290. The summed E-state index contributed by atoms with van der Waals surface area (Å²) in [7, 11) is -3.47. The molecule has 1 aromatic rings. The highest BCUT2D eigenvalue weighted by Gasteiger charge is 2.30. The summed E-state index contributed by atoms with van der Waals surface area (Å²) in [6.07, 6.45) is 1.65. The maximum atomic E-state index is 12.7. The van der Waals surface area contributed by atoms with E-state index in [1.54, 1.807) is 18.2 Å². The van der Waals surface area contributed by atoms with Crippen molar-refractivity contribution >= 4 is 37.6 Å². The number of hydrogen-bond donors (Lipinski definition) is 0. The third-order valence-corrected chi connectivity index (χ3v) is 6.76. The van der Waals surface area contributed by atoms with Crippen LogP contribution in [0.3, 0.4) is 0 Å². The van der Waals surface area contributed by atoms with Crippen molar-refractivity contribution in [1.82, 2.24) is 4.31 Å². The van der Waals surface area contributed by atoms with Crippen LogP contribution in [0.2, 0.25) is 0 Å². The molecule has 2 rings (SSSR count). The van der Waals surface area contributed by atoms with Gasteiger partial charge < -0.3 is 4.74 Å². The number of alkyl halides is 1. The molecule has 0 radical (unpaired) electrons. The Hall–Kier alpha value is -0.140. The molecule has 1 saturated heterocycles. The fraction of sp³-hybridized carbons (Fsp3) is 0.571. The lowest BCUT2D eigenvalue weighted by atomic mass is 10.1. The minimum atomic E-state index is -3.47. The topological polar surface area (TPSA) is 46.6 Å². The zero-order valence-corrected chi connectivity index (χ0v) is 15.0.